The number of fused-ring (bicyclic) bond motifs is 2. The van der Waals surface area contributed by atoms with Crippen LogP contribution in [0.5, 0.6) is 0 Å². The van der Waals surface area contributed by atoms with Crippen molar-refractivity contribution in [1.82, 2.24) is 9.80 Å². The zero-order valence-electron chi connectivity index (χ0n) is 25.0. The lowest BCUT2D eigenvalue weighted by Crippen LogP contribution is -2.83. The Bertz CT molecular complexity index is 1460. The van der Waals surface area contributed by atoms with Gasteiger partial charge in [-0.1, -0.05) is 89.8 Å². The summed E-state index contributed by atoms with van der Waals surface area (Å²) in [4.78, 5) is 33.2. The van der Waals surface area contributed by atoms with Crippen molar-refractivity contribution in [3.63, 3.8) is 0 Å². The number of halogens is 1. The molecule has 2 N–H and O–H groups in total. The van der Waals surface area contributed by atoms with Crippen LogP contribution in [0.25, 0.3) is 0 Å². The van der Waals surface area contributed by atoms with Crippen LogP contribution in [0.4, 0.5) is 0 Å². The van der Waals surface area contributed by atoms with Gasteiger partial charge in [0.2, 0.25) is 5.91 Å². The second-order valence-corrected chi connectivity index (χ2v) is 14.3. The summed E-state index contributed by atoms with van der Waals surface area (Å²) in [5.74, 6) is 1.30. The monoisotopic (exact) mass is 640 g/mol. The van der Waals surface area contributed by atoms with Gasteiger partial charge in [0, 0.05) is 35.7 Å². The Morgan fingerprint density at radius 2 is 1.63 bits per heavy atom. The minimum absolute atomic E-state index is 0.0486. The number of benzene rings is 3. The van der Waals surface area contributed by atoms with Gasteiger partial charge >= 0.3 is 0 Å². The molecule has 5 nitrogen and oxygen atoms in total. The molecule has 3 aliphatic heterocycles. The van der Waals surface area contributed by atoms with Gasteiger partial charge < -0.3 is 15.1 Å². The molecule has 2 amide bonds. The van der Waals surface area contributed by atoms with Crippen LogP contribution < -0.4 is 5.32 Å². The summed E-state index contributed by atoms with van der Waals surface area (Å²) in [6, 6.07) is 27.4. The number of carbonyl (C=O) groups excluding carboxylic acids is 2. The Labute approximate surface area is 264 Å². The van der Waals surface area contributed by atoms with Crippen LogP contribution in [0.15, 0.2) is 83.3 Å². The zero-order valence-corrected chi connectivity index (χ0v) is 26.6. The predicted octanol–water partition coefficient (Wildman–Crippen LogP) is 5.89. The van der Waals surface area contributed by atoms with E-state index in [1.54, 1.807) is 0 Å². The third-order valence-electron chi connectivity index (χ3n) is 11.0. The maximum Gasteiger partial charge on any atom is 0.254 e. The van der Waals surface area contributed by atoms with E-state index >= 15 is 0 Å². The summed E-state index contributed by atoms with van der Waals surface area (Å²) in [6.07, 6.45) is 8.41. The van der Waals surface area contributed by atoms with Crippen LogP contribution in [0, 0.1) is 11.8 Å². The number of piperidine rings is 1. The van der Waals surface area contributed by atoms with Crippen molar-refractivity contribution >= 4 is 27.7 Å². The van der Waals surface area contributed by atoms with Crippen molar-refractivity contribution in [3.05, 3.63) is 106 Å². The molecule has 2 saturated heterocycles. The summed E-state index contributed by atoms with van der Waals surface area (Å²) in [7, 11) is 0. The van der Waals surface area contributed by atoms with Crippen molar-refractivity contribution in [2.24, 2.45) is 11.8 Å². The largest absolute Gasteiger partial charge is 0.345 e. The molecule has 0 radical (unpaired) electrons. The number of nitrogens with zero attached hydrogens (tertiary/aromatic N) is 2. The first kappa shape index (κ1) is 28.8. The smallest absolute Gasteiger partial charge is 0.254 e. The maximum atomic E-state index is 15.0. The molecular weight excluding hydrogens is 598 g/mol. The number of carbonyl (C=O) groups is 2. The molecule has 3 fully saturated rings. The first-order chi connectivity index (χ1) is 21.0. The highest BCUT2D eigenvalue weighted by Gasteiger charge is 2.57. The van der Waals surface area contributed by atoms with Crippen molar-refractivity contribution in [3.8, 4) is 0 Å². The van der Waals surface area contributed by atoms with E-state index in [1.807, 2.05) is 35.2 Å². The minimum atomic E-state index is -0.400. The molecule has 3 aromatic rings. The van der Waals surface area contributed by atoms with Gasteiger partial charge in [-0.2, -0.15) is 0 Å². The lowest BCUT2D eigenvalue weighted by atomic mass is 9.67. The molecule has 4 unspecified atom stereocenters. The van der Waals surface area contributed by atoms with Crippen LogP contribution in [0.3, 0.4) is 0 Å². The van der Waals surface area contributed by atoms with E-state index in [1.165, 1.54) is 43.2 Å². The molecule has 1 spiro atoms. The lowest BCUT2D eigenvalue weighted by molar-refractivity contribution is -0.640. The molecule has 1 saturated carbocycles. The van der Waals surface area contributed by atoms with Gasteiger partial charge in [-0.25, -0.2) is 0 Å². The lowest BCUT2D eigenvalue weighted by Gasteiger charge is -2.48. The summed E-state index contributed by atoms with van der Waals surface area (Å²) in [5, 5.41) is 2.33. The van der Waals surface area contributed by atoms with E-state index in [4.69, 9.17) is 0 Å². The second kappa shape index (κ2) is 12.2. The number of rotatable bonds is 4. The van der Waals surface area contributed by atoms with Gasteiger partial charge in [-0.3, -0.25) is 9.59 Å². The highest BCUT2D eigenvalue weighted by molar-refractivity contribution is 9.10. The standard InChI is InChI=1S/C37H42BrN3O2/c38-31-16-17-32-30(20-31)23-40(35(42)28-14-8-3-9-15-28)25-37(32)24-39-22-33(37)36(43)41-19-18-29(26-10-4-1-5-11-26)21-34(41)27-12-6-2-7-13-27/h1,3-5,8-11,14-17,20,27,29,33-34,39H,2,6-7,12-13,18-19,21-25H2/p+1. The fourth-order valence-electron chi connectivity index (χ4n) is 8.92. The third-order valence-corrected chi connectivity index (χ3v) is 11.5. The van der Waals surface area contributed by atoms with Crippen LogP contribution in [0.1, 0.15) is 77.9 Å². The Kier molecular flexibility index (Phi) is 8.17. The quantitative estimate of drug-likeness (QED) is 0.387. The third kappa shape index (κ3) is 5.46. The molecule has 224 valence electrons. The number of likely N-dealkylation sites (tertiary alicyclic amines) is 1. The molecule has 0 bridgehead atoms. The van der Waals surface area contributed by atoms with Crippen LogP contribution in [0.2, 0.25) is 0 Å². The topological polar surface area (TPSA) is 57.2 Å². The van der Waals surface area contributed by atoms with Crippen molar-refractivity contribution in [2.75, 3.05) is 26.2 Å². The zero-order chi connectivity index (χ0) is 29.4. The van der Waals surface area contributed by atoms with Gasteiger partial charge in [0.25, 0.3) is 5.91 Å². The second-order valence-electron chi connectivity index (χ2n) is 13.4. The molecule has 43 heavy (non-hydrogen) atoms. The molecule has 6 heteroatoms. The first-order valence-corrected chi connectivity index (χ1v) is 17.1. The fourth-order valence-corrected chi connectivity index (χ4v) is 9.33. The van der Waals surface area contributed by atoms with Crippen molar-refractivity contribution in [1.29, 1.82) is 0 Å². The molecule has 4 aliphatic rings. The molecule has 0 aromatic heterocycles. The maximum absolute atomic E-state index is 15.0. The highest BCUT2D eigenvalue weighted by Crippen LogP contribution is 2.45. The van der Waals surface area contributed by atoms with Gasteiger partial charge in [0.15, 0.2) is 0 Å². The Morgan fingerprint density at radius 1 is 0.884 bits per heavy atom. The number of hydrogen-bond acceptors (Lipinski definition) is 2. The van der Waals surface area contributed by atoms with E-state index in [0.717, 1.165) is 42.5 Å². The van der Waals surface area contributed by atoms with Crippen molar-refractivity contribution < 1.29 is 14.9 Å². The van der Waals surface area contributed by atoms with Crippen LogP contribution in [-0.2, 0) is 16.8 Å². The van der Waals surface area contributed by atoms with Gasteiger partial charge in [0.05, 0.1) is 18.5 Å². The molecular formula is C37H43BrN3O2+. The van der Waals surface area contributed by atoms with Gasteiger partial charge in [-0.15, -0.1) is 0 Å². The van der Waals surface area contributed by atoms with E-state index in [-0.39, 0.29) is 11.8 Å². The highest BCUT2D eigenvalue weighted by atomic mass is 79.9. The molecule has 7 rings (SSSR count). The number of nitrogens with two attached hydrogens (primary N) is 1. The van der Waals surface area contributed by atoms with Gasteiger partial charge in [-0.05, 0) is 78.5 Å². The number of hydrogen-bond donors (Lipinski definition) is 1. The number of quaternary nitrogens is 1. The fraction of sp³-hybridized carbons (Fsp3) is 0.459. The first-order valence-electron chi connectivity index (χ1n) is 16.3. The Hall–Kier alpha value is -2.96. The van der Waals surface area contributed by atoms with Gasteiger partial charge in [0.1, 0.15) is 5.92 Å². The average Bonchev–Trinajstić information content (AvgIpc) is 3.48. The molecule has 3 heterocycles. The molecule has 3 aromatic carbocycles. The predicted molar refractivity (Wildman–Crippen MR) is 173 cm³/mol. The Balaban J connectivity index is 1.22. The van der Waals surface area contributed by atoms with E-state index in [9.17, 15) is 9.59 Å². The summed E-state index contributed by atoms with van der Waals surface area (Å²) >= 11 is 3.69. The van der Waals surface area contributed by atoms with Crippen LogP contribution in [-0.4, -0.2) is 53.8 Å². The minimum Gasteiger partial charge on any atom is -0.345 e. The van der Waals surface area contributed by atoms with E-state index in [0.29, 0.717) is 42.4 Å². The Morgan fingerprint density at radius 3 is 2.40 bits per heavy atom. The average molecular weight is 642 g/mol. The van der Waals surface area contributed by atoms with Crippen LogP contribution >= 0.6 is 15.9 Å². The van der Waals surface area contributed by atoms with Crippen molar-refractivity contribution in [2.45, 2.75) is 68.9 Å². The summed E-state index contributed by atoms with van der Waals surface area (Å²) < 4.78 is 1.01. The normalized spacial score (nSPS) is 27.7. The van der Waals surface area contributed by atoms with E-state index in [2.05, 4.69) is 74.7 Å². The summed E-state index contributed by atoms with van der Waals surface area (Å²) in [6.45, 7) is 3.57. The van der Waals surface area contributed by atoms with E-state index < -0.39 is 5.41 Å². The molecule has 1 aliphatic carbocycles. The summed E-state index contributed by atoms with van der Waals surface area (Å²) in [5.41, 5.74) is 4.14. The SMILES string of the molecule is O=C(c1ccccc1)N1Cc2cc(Br)ccc2C2(C[NH2+]CC2C(=O)N2CCC(c3ccccc3)CC2C2CCCCC2)C1. The number of amides is 2. The molecule has 4 atom stereocenters.